The molecule has 5 unspecified atom stereocenters. The summed E-state index contributed by atoms with van der Waals surface area (Å²) in [6, 6.07) is 2.14. The van der Waals surface area contributed by atoms with Crippen LogP contribution in [0.2, 0.25) is 0 Å². The third kappa shape index (κ3) is 2.04. The van der Waals surface area contributed by atoms with Crippen LogP contribution in [-0.2, 0) is 9.47 Å². The van der Waals surface area contributed by atoms with Crippen molar-refractivity contribution in [2.24, 2.45) is 0 Å². The molecule has 0 amide bonds. The van der Waals surface area contributed by atoms with Crippen LogP contribution in [0.3, 0.4) is 0 Å². The maximum absolute atomic E-state index is 11.9. The molecule has 0 aromatic heterocycles. The Hall–Kier alpha value is -1.87. The molecule has 5 atom stereocenters. The summed E-state index contributed by atoms with van der Waals surface area (Å²) in [6.45, 7) is -0.552. The summed E-state index contributed by atoms with van der Waals surface area (Å²) in [4.78, 5) is 11.9. The van der Waals surface area contributed by atoms with Crippen molar-refractivity contribution in [2.75, 3.05) is 6.61 Å². The fourth-order valence-corrected chi connectivity index (χ4v) is 2.73. The molecule has 3 rings (SSSR count). The first-order valence-corrected chi connectivity index (χ1v) is 6.33. The number of hydrogen-bond acceptors (Lipinski definition) is 8. The van der Waals surface area contributed by atoms with E-state index in [0.717, 1.165) is 12.1 Å². The summed E-state index contributed by atoms with van der Waals surface area (Å²) >= 11 is 0. The van der Waals surface area contributed by atoms with Gasteiger partial charge in [-0.25, -0.2) is 4.79 Å². The molecule has 8 nitrogen and oxygen atoms in total. The number of phenolic OH excluding ortho intramolecular Hbond substituents is 2. The Bertz CT molecular complexity index is 586. The number of ether oxygens (including phenoxy) is 2. The van der Waals surface area contributed by atoms with Crippen LogP contribution in [0.15, 0.2) is 12.1 Å². The SMILES string of the molecule is O=C1OC2C(OC(CO)C(O)C2O)c2c(O)cc(O)cc21. The van der Waals surface area contributed by atoms with Crippen LogP contribution in [0.4, 0.5) is 0 Å². The van der Waals surface area contributed by atoms with Crippen LogP contribution in [-0.4, -0.2) is 62.5 Å². The molecule has 0 bridgehead atoms. The Kier molecular flexibility index (Phi) is 3.25. The van der Waals surface area contributed by atoms with Gasteiger partial charge < -0.3 is 35.0 Å². The van der Waals surface area contributed by atoms with E-state index in [9.17, 15) is 30.3 Å². The fraction of sp³-hybridized carbons (Fsp3) is 0.462. The number of aliphatic hydroxyl groups excluding tert-OH is 3. The molecule has 21 heavy (non-hydrogen) atoms. The number of benzene rings is 1. The average molecular weight is 298 g/mol. The van der Waals surface area contributed by atoms with Gasteiger partial charge in [-0.1, -0.05) is 0 Å². The maximum atomic E-state index is 11.9. The predicted octanol–water partition coefficient (Wildman–Crippen LogP) is -1.21. The van der Waals surface area contributed by atoms with Gasteiger partial charge in [-0.2, -0.15) is 0 Å². The number of fused-ring (bicyclic) bond motifs is 3. The zero-order chi connectivity index (χ0) is 15.3. The van der Waals surface area contributed by atoms with Crippen molar-refractivity contribution in [3.63, 3.8) is 0 Å². The average Bonchev–Trinajstić information content (AvgIpc) is 2.43. The molecular weight excluding hydrogens is 284 g/mol. The molecular formula is C13H14O8. The molecule has 2 aliphatic rings. The van der Waals surface area contributed by atoms with E-state index < -0.39 is 48.8 Å². The van der Waals surface area contributed by atoms with Crippen LogP contribution in [0.5, 0.6) is 11.5 Å². The topological polar surface area (TPSA) is 137 Å². The van der Waals surface area contributed by atoms with Gasteiger partial charge in [0.05, 0.1) is 12.2 Å². The van der Waals surface area contributed by atoms with Gasteiger partial charge >= 0.3 is 5.97 Å². The normalized spacial score (nSPS) is 34.8. The van der Waals surface area contributed by atoms with Crippen molar-refractivity contribution >= 4 is 5.97 Å². The highest BCUT2D eigenvalue weighted by molar-refractivity contribution is 5.94. The van der Waals surface area contributed by atoms with Crippen LogP contribution in [0.25, 0.3) is 0 Å². The molecule has 8 heteroatoms. The zero-order valence-electron chi connectivity index (χ0n) is 10.7. The Morgan fingerprint density at radius 3 is 2.52 bits per heavy atom. The highest BCUT2D eigenvalue weighted by Crippen LogP contribution is 2.44. The lowest BCUT2D eigenvalue weighted by atomic mass is 9.86. The van der Waals surface area contributed by atoms with Gasteiger partial charge in [0.15, 0.2) is 6.10 Å². The highest BCUT2D eigenvalue weighted by Gasteiger charge is 2.51. The van der Waals surface area contributed by atoms with Crippen molar-refractivity contribution in [3.05, 3.63) is 23.3 Å². The van der Waals surface area contributed by atoms with Crippen LogP contribution < -0.4 is 0 Å². The lowest BCUT2D eigenvalue weighted by molar-refractivity contribution is -0.235. The van der Waals surface area contributed by atoms with Crippen LogP contribution in [0, 0.1) is 0 Å². The molecule has 2 aliphatic heterocycles. The lowest BCUT2D eigenvalue weighted by Crippen LogP contribution is -2.58. The number of carbonyl (C=O) groups is 1. The first-order chi connectivity index (χ1) is 9.93. The second-order valence-corrected chi connectivity index (χ2v) is 5.05. The molecule has 5 N–H and O–H groups in total. The van der Waals surface area contributed by atoms with Gasteiger partial charge in [-0.05, 0) is 6.07 Å². The van der Waals surface area contributed by atoms with Gasteiger partial charge in [-0.3, -0.25) is 0 Å². The standard InChI is InChI=1S/C13H14O8/c14-3-7-9(17)10(18)12-11(20-7)8-5(13(19)21-12)1-4(15)2-6(8)16/h1-2,7,9-12,14-18H,3H2. The van der Waals surface area contributed by atoms with Crippen molar-refractivity contribution < 1.29 is 39.8 Å². The van der Waals surface area contributed by atoms with E-state index in [-0.39, 0.29) is 16.9 Å². The first-order valence-electron chi connectivity index (χ1n) is 6.33. The third-order valence-corrected chi connectivity index (χ3v) is 3.76. The number of rotatable bonds is 1. The number of aliphatic hydroxyl groups is 3. The summed E-state index contributed by atoms with van der Waals surface area (Å²) < 4.78 is 10.5. The highest BCUT2D eigenvalue weighted by atomic mass is 16.6. The van der Waals surface area contributed by atoms with E-state index in [4.69, 9.17) is 9.47 Å². The Morgan fingerprint density at radius 2 is 1.86 bits per heavy atom. The van der Waals surface area contributed by atoms with Crippen molar-refractivity contribution in [1.82, 2.24) is 0 Å². The molecule has 1 aromatic rings. The summed E-state index contributed by atoms with van der Waals surface area (Å²) in [5.74, 6) is -1.57. The third-order valence-electron chi connectivity index (χ3n) is 3.76. The minimum atomic E-state index is -1.47. The molecule has 1 aromatic carbocycles. The van der Waals surface area contributed by atoms with Crippen molar-refractivity contribution in [3.8, 4) is 11.5 Å². The number of aromatic hydroxyl groups is 2. The number of carbonyl (C=O) groups excluding carboxylic acids is 1. The van der Waals surface area contributed by atoms with E-state index in [2.05, 4.69) is 0 Å². The molecule has 114 valence electrons. The molecule has 2 heterocycles. The summed E-state index contributed by atoms with van der Waals surface area (Å²) in [6.07, 6.45) is -6.23. The van der Waals surface area contributed by atoms with Gasteiger partial charge in [0.1, 0.15) is 35.9 Å². The fourth-order valence-electron chi connectivity index (χ4n) is 2.73. The first kappa shape index (κ1) is 14.1. The lowest BCUT2D eigenvalue weighted by Gasteiger charge is -2.44. The quantitative estimate of drug-likeness (QED) is 0.407. The summed E-state index contributed by atoms with van der Waals surface area (Å²) in [5.41, 5.74) is -0.0347. The number of phenols is 2. The Morgan fingerprint density at radius 1 is 1.14 bits per heavy atom. The van der Waals surface area contributed by atoms with Crippen LogP contribution in [0.1, 0.15) is 22.0 Å². The van der Waals surface area contributed by atoms with Gasteiger partial charge in [0, 0.05) is 11.6 Å². The molecule has 0 saturated carbocycles. The van der Waals surface area contributed by atoms with E-state index in [0.29, 0.717) is 0 Å². The van der Waals surface area contributed by atoms with E-state index >= 15 is 0 Å². The second-order valence-electron chi connectivity index (χ2n) is 5.05. The summed E-state index contributed by atoms with van der Waals surface area (Å²) in [7, 11) is 0. The number of hydrogen-bond donors (Lipinski definition) is 5. The largest absolute Gasteiger partial charge is 0.508 e. The monoisotopic (exact) mass is 298 g/mol. The smallest absolute Gasteiger partial charge is 0.339 e. The van der Waals surface area contributed by atoms with E-state index in [1.807, 2.05) is 0 Å². The molecule has 0 spiro atoms. The minimum Gasteiger partial charge on any atom is -0.508 e. The Labute approximate surface area is 118 Å². The molecule has 0 aliphatic carbocycles. The molecule has 1 fully saturated rings. The predicted molar refractivity (Wildman–Crippen MR) is 65.7 cm³/mol. The van der Waals surface area contributed by atoms with Gasteiger partial charge in [-0.15, -0.1) is 0 Å². The molecule has 1 saturated heterocycles. The van der Waals surface area contributed by atoms with E-state index in [1.165, 1.54) is 0 Å². The van der Waals surface area contributed by atoms with Crippen LogP contribution >= 0.6 is 0 Å². The van der Waals surface area contributed by atoms with Crippen molar-refractivity contribution in [1.29, 1.82) is 0 Å². The summed E-state index contributed by atoms with van der Waals surface area (Å²) in [5, 5.41) is 48.4. The maximum Gasteiger partial charge on any atom is 0.339 e. The molecule has 0 radical (unpaired) electrons. The number of esters is 1. The van der Waals surface area contributed by atoms with E-state index in [1.54, 1.807) is 0 Å². The zero-order valence-corrected chi connectivity index (χ0v) is 10.7. The Balaban J connectivity index is 2.10. The van der Waals surface area contributed by atoms with Crippen molar-refractivity contribution in [2.45, 2.75) is 30.5 Å². The minimum absolute atomic E-state index is 0.0541. The van der Waals surface area contributed by atoms with Gasteiger partial charge in [0.25, 0.3) is 0 Å². The van der Waals surface area contributed by atoms with Gasteiger partial charge in [0.2, 0.25) is 0 Å². The second kappa shape index (κ2) is 4.85.